The number of halogens is 1. The molecule has 5 nitrogen and oxygen atoms in total. The highest BCUT2D eigenvalue weighted by Crippen LogP contribution is 2.30. The maximum absolute atomic E-state index is 12.8. The quantitative estimate of drug-likeness (QED) is 0.270. The lowest BCUT2D eigenvalue weighted by atomic mass is 10.0. The molecule has 4 rings (SSSR count). The van der Waals surface area contributed by atoms with Gasteiger partial charge in [0, 0.05) is 21.8 Å². The Balaban J connectivity index is 1.41. The van der Waals surface area contributed by atoms with Gasteiger partial charge in [0.2, 0.25) is 0 Å². The smallest absolute Gasteiger partial charge is 0.251 e. The zero-order valence-corrected chi connectivity index (χ0v) is 22.3. The monoisotopic (exact) mass is 553 g/mol. The topological polar surface area (TPSA) is 72.0 Å². The van der Waals surface area contributed by atoms with E-state index in [9.17, 15) is 9.59 Å². The van der Waals surface area contributed by atoms with E-state index in [-0.39, 0.29) is 30.6 Å². The SMILES string of the molecule is Cc1nc(C)c(-c2csc(CC(=O)Cc3cc(Br)cc(C(=O)N[C@@H](C)c4ccccc4)c3)n2)s1. The third-order valence-electron chi connectivity index (χ3n) is 5.30. The number of benzene rings is 2. The van der Waals surface area contributed by atoms with Crippen LogP contribution in [0.5, 0.6) is 0 Å². The van der Waals surface area contributed by atoms with Crippen molar-refractivity contribution in [2.45, 2.75) is 39.7 Å². The fourth-order valence-corrected chi connectivity index (χ4v) is 6.02. The molecule has 174 valence electrons. The van der Waals surface area contributed by atoms with Gasteiger partial charge in [0.1, 0.15) is 10.8 Å². The number of hydrogen-bond donors (Lipinski definition) is 1. The number of carbonyl (C=O) groups excluding carboxylic acids is 2. The van der Waals surface area contributed by atoms with Gasteiger partial charge in [-0.3, -0.25) is 9.59 Å². The normalized spacial score (nSPS) is 11.9. The molecule has 0 unspecified atom stereocenters. The third kappa shape index (κ3) is 6.05. The van der Waals surface area contributed by atoms with Gasteiger partial charge >= 0.3 is 0 Å². The Morgan fingerprint density at radius 1 is 1.06 bits per heavy atom. The van der Waals surface area contributed by atoms with Crippen molar-refractivity contribution in [3.05, 3.63) is 90.8 Å². The van der Waals surface area contributed by atoms with Crippen LogP contribution in [0.15, 0.2) is 58.4 Å². The van der Waals surface area contributed by atoms with Crippen LogP contribution in [0.25, 0.3) is 10.6 Å². The Morgan fingerprint density at radius 3 is 2.53 bits per heavy atom. The van der Waals surface area contributed by atoms with E-state index >= 15 is 0 Å². The molecule has 1 N–H and O–H groups in total. The number of hydrogen-bond acceptors (Lipinski definition) is 6. The van der Waals surface area contributed by atoms with Crippen LogP contribution in [0, 0.1) is 13.8 Å². The van der Waals surface area contributed by atoms with Gasteiger partial charge in [-0.15, -0.1) is 22.7 Å². The molecule has 0 fully saturated rings. The second-order valence-electron chi connectivity index (χ2n) is 8.12. The Kier molecular flexibility index (Phi) is 7.70. The molecule has 34 heavy (non-hydrogen) atoms. The highest BCUT2D eigenvalue weighted by Gasteiger charge is 2.16. The molecule has 0 aliphatic carbocycles. The van der Waals surface area contributed by atoms with E-state index < -0.39 is 0 Å². The zero-order chi connectivity index (χ0) is 24.2. The minimum Gasteiger partial charge on any atom is -0.346 e. The van der Waals surface area contributed by atoms with Gasteiger partial charge < -0.3 is 5.32 Å². The van der Waals surface area contributed by atoms with Crippen LogP contribution in [-0.2, 0) is 17.6 Å². The predicted octanol–water partition coefficient (Wildman–Crippen LogP) is 6.49. The standard InChI is InChI=1S/C26H24BrN3O2S2/c1-15(19-7-5-4-6-8-19)29-26(32)20-9-18(10-21(27)12-20)11-22(31)13-24-30-23(14-33-24)25-16(2)28-17(3)34-25/h4-10,12,14-15H,11,13H2,1-3H3,(H,29,32)/t15-/m0/s1. The number of carbonyl (C=O) groups is 2. The Labute approximate surface area is 215 Å². The van der Waals surface area contributed by atoms with Gasteiger partial charge in [-0.25, -0.2) is 9.97 Å². The average molecular weight is 555 g/mol. The average Bonchev–Trinajstić information content (AvgIpc) is 3.38. The number of nitrogens with zero attached hydrogens (tertiary/aromatic N) is 2. The van der Waals surface area contributed by atoms with Crippen molar-refractivity contribution in [3.8, 4) is 10.6 Å². The Morgan fingerprint density at radius 2 is 1.82 bits per heavy atom. The summed E-state index contributed by atoms with van der Waals surface area (Å²) >= 11 is 6.59. The van der Waals surface area contributed by atoms with Crippen molar-refractivity contribution in [3.63, 3.8) is 0 Å². The molecule has 0 aliphatic rings. The summed E-state index contributed by atoms with van der Waals surface area (Å²) in [6.07, 6.45) is 0.502. The fraction of sp³-hybridized carbons (Fsp3) is 0.231. The molecule has 1 atom stereocenters. The molecular formula is C26H24BrN3O2S2. The number of nitrogens with one attached hydrogen (secondary N) is 1. The first-order valence-electron chi connectivity index (χ1n) is 10.8. The minimum absolute atomic E-state index is 0.0558. The number of Topliss-reactive ketones (excluding diaryl/α,β-unsaturated/α-hetero) is 1. The highest BCUT2D eigenvalue weighted by molar-refractivity contribution is 9.10. The second kappa shape index (κ2) is 10.7. The number of thiazole rings is 2. The van der Waals surface area contributed by atoms with Crippen molar-refractivity contribution >= 4 is 50.3 Å². The van der Waals surface area contributed by atoms with E-state index in [1.54, 1.807) is 23.5 Å². The molecule has 0 spiro atoms. The van der Waals surface area contributed by atoms with Crippen LogP contribution in [-0.4, -0.2) is 21.7 Å². The molecule has 0 radical (unpaired) electrons. The van der Waals surface area contributed by atoms with Gasteiger partial charge in [-0.2, -0.15) is 0 Å². The van der Waals surface area contributed by atoms with Crippen LogP contribution in [0.2, 0.25) is 0 Å². The summed E-state index contributed by atoms with van der Waals surface area (Å²) < 4.78 is 0.767. The summed E-state index contributed by atoms with van der Waals surface area (Å²) in [4.78, 5) is 35.8. The largest absolute Gasteiger partial charge is 0.346 e. The molecular weight excluding hydrogens is 530 g/mol. The van der Waals surface area contributed by atoms with Crippen molar-refractivity contribution in [1.82, 2.24) is 15.3 Å². The summed E-state index contributed by atoms with van der Waals surface area (Å²) in [6, 6.07) is 15.1. The van der Waals surface area contributed by atoms with Crippen LogP contribution < -0.4 is 5.32 Å². The van der Waals surface area contributed by atoms with Gasteiger partial charge in [-0.1, -0.05) is 46.3 Å². The highest BCUT2D eigenvalue weighted by atomic mass is 79.9. The molecule has 1 amide bonds. The summed E-state index contributed by atoms with van der Waals surface area (Å²) in [5.41, 5.74) is 4.19. The maximum Gasteiger partial charge on any atom is 0.251 e. The first-order chi connectivity index (χ1) is 16.3. The molecule has 4 aromatic rings. The van der Waals surface area contributed by atoms with E-state index in [1.165, 1.54) is 11.3 Å². The van der Waals surface area contributed by atoms with Crippen LogP contribution in [0.3, 0.4) is 0 Å². The number of rotatable bonds is 8. The zero-order valence-electron chi connectivity index (χ0n) is 19.1. The molecule has 0 aliphatic heterocycles. The van der Waals surface area contributed by atoms with Crippen molar-refractivity contribution < 1.29 is 9.59 Å². The summed E-state index contributed by atoms with van der Waals surface area (Å²) in [5, 5.41) is 6.80. The maximum atomic E-state index is 12.8. The van der Waals surface area contributed by atoms with E-state index in [0.717, 1.165) is 41.9 Å². The molecule has 0 bridgehead atoms. The molecule has 8 heteroatoms. The van der Waals surface area contributed by atoms with Crippen molar-refractivity contribution in [1.29, 1.82) is 0 Å². The Hall–Kier alpha value is -2.68. The lowest BCUT2D eigenvalue weighted by Crippen LogP contribution is -2.26. The molecule has 2 aromatic carbocycles. The van der Waals surface area contributed by atoms with Crippen LogP contribution in [0.4, 0.5) is 0 Å². The second-order valence-corrected chi connectivity index (χ2v) is 11.2. The Bertz CT molecular complexity index is 1330. The number of aryl methyl sites for hydroxylation is 2. The molecule has 0 saturated carbocycles. The summed E-state index contributed by atoms with van der Waals surface area (Å²) in [6.45, 7) is 5.91. The van der Waals surface area contributed by atoms with Gasteiger partial charge in [0.25, 0.3) is 5.91 Å². The third-order valence-corrected chi connectivity index (χ3v) is 7.71. The summed E-state index contributed by atoms with van der Waals surface area (Å²) in [7, 11) is 0. The van der Waals surface area contributed by atoms with Crippen molar-refractivity contribution in [2.75, 3.05) is 0 Å². The minimum atomic E-state index is -0.175. The lowest BCUT2D eigenvalue weighted by molar-refractivity contribution is -0.117. The van der Waals surface area contributed by atoms with E-state index in [4.69, 9.17) is 0 Å². The number of aromatic nitrogens is 2. The fourth-order valence-electron chi connectivity index (χ4n) is 3.71. The first kappa shape index (κ1) is 24.4. The lowest BCUT2D eigenvalue weighted by Gasteiger charge is -2.15. The van der Waals surface area contributed by atoms with E-state index in [1.807, 2.05) is 62.5 Å². The number of ketones is 1. The summed E-state index contributed by atoms with van der Waals surface area (Å²) in [5.74, 6) is -0.119. The van der Waals surface area contributed by atoms with E-state index in [0.29, 0.717) is 5.56 Å². The molecule has 0 saturated heterocycles. The predicted molar refractivity (Wildman–Crippen MR) is 142 cm³/mol. The van der Waals surface area contributed by atoms with Crippen LogP contribution >= 0.6 is 38.6 Å². The van der Waals surface area contributed by atoms with Gasteiger partial charge in [0.05, 0.1) is 33.7 Å². The van der Waals surface area contributed by atoms with Gasteiger partial charge in [-0.05, 0) is 50.1 Å². The molecule has 2 heterocycles. The first-order valence-corrected chi connectivity index (χ1v) is 13.3. The van der Waals surface area contributed by atoms with E-state index in [2.05, 4.69) is 31.2 Å². The van der Waals surface area contributed by atoms with Gasteiger partial charge in [0.15, 0.2) is 0 Å². The molecule has 2 aromatic heterocycles. The van der Waals surface area contributed by atoms with Crippen molar-refractivity contribution in [2.24, 2.45) is 0 Å². The van der Waals surface area contributed by atoms with Crippen LogP contribution in [0.1, 0.15) is 50.2 Å². The number of amides is 1.